The van der Waals surface area contributed by atoms with E-state index < -0.39 is 0 Å². The highest BCUT2D eigenvalue weighted by Gasteiger charge is 2.32. The Morgan fingerprint density at radius 1 is 1.24 bits per heavy atom. The van der Waals surface area contributed by atoms with Crippen molar-refractivity contribution < 1.29 is 9.15 Å². The molecule has 0 amide bonds. The van der Waals surface area contributed by atoms with Gasteiger partial charge in [-0.1, -0.05) is 18.2 Å². The largest absolute Gasteiger partial charge is 0.419 e. The number of hydrogen-bond donors (Lipinski definition) is 1. The van der Waals surface area contributed by atoms with Crippen LogP contribution in [0.1, 0.15) is 29.7 Å². The van der Waals surface area contributed by atoms with Crippen molar-refractivity contribution in [1.29, 1.82) is 0 Å². The van der Waals surface area contributed by atoms with Crippen LogP contribution in [0.2, 0.25) is 0 Å². The summed E-state index contributed by atoms with van der Waals surface area (Å²) in [6, 6.07) is 9.98. The van der Waals surface area contributed by atoms with Crippen molar-refractivity contribution in [2.24, 2.45) is 7.05 Å². The molecule has 1 saturated heterocycles. The summed E-state index contributed by atoms with van der Waals surface area (Å²) in [5.74, 6) is 1.12. The van der Waals surface area contributed by atoms with E-state index in [1.165, 1.54) is 0 Å². The molecule has 130 valence electrons. The zero-order valence-corrected chi connectivity index (χ0v) is 14.3. The quantitative estimate of drug-likeness (QED) is 0.769. The second-order valence-corrected chi connectivity index (χ2v) is 6.24. The Hall–Kier alpha value is -2.51. The maximum absolute atomic E-state index is 5.93. The Labute approximate surface area is 146 Å². The Morgan fingerprint density at radius 2 is 2.08 bits per heavy atom. The number of ether oxygens (including phenoxy) is 1. The van der Waals surface area contributed by atoms with Crippen LogP contribution in [0.4, 0.5) is 0 Å². The molecule has 0 unspecified atom stereocenters. The number of nitrogens with one attached hydrogen (secondary N) is 1. The molecule has 1 aromatic carbocycles. The number of rotatable bonds is 5. The lowest BCUT2D eigenvalue weighted by Gasteiger charge is -2.19. The van der Waals surface area contributed by atoms with Crippen molar-refractivity contribution in [3.05, 3.63) is 53.7 Å². The molecule has 3 aromatic rings. The molecule has 1 aliphatic rings. The first-order chi connectivity index (χ1) is 12.2. The topological polar surface area (TPSA) is 78.0 Å². The van der Waals surface area contributed by atoms with Gasteiger partial charge in [-0.3, -0.25) is 4.68 Å². The Morgan fingerprint density at radius 3 is 2.84 bits per heavy atom. The van der Waals surface area contributed by atoms with Crippen LogP contribution in [-0.2, 0) is 18.3 Å². The maximum atomic E-state index is 5.93. The van der Waals surface area contributed by atoms with Gasteiger partial charge in [0.05, 0.1) is 12.7 Å². The minimum atomic E-state index is 0.00483. The van der Waals surface area contributed by atoms with Crippen molar-refractivity contribution in [2.75, 3.05) is 6.61 Å². The number of benzene rings is 1. The SMILES string of the molecule is Cc1c([C@H]2OCC[C@@H]2NCc2nnc(-c3ccccc3)o2)cnn1C. The number of hydrogen-bond acceptors (Lipinski definition) is 6. The summed E-state index contributed by atoms with van der Waals surface area (Å²) in [5, 5.41) is 16.1. The van der Waals surface area contributed by atoms with Crippen molar-refractivity contribution in [2.45, 2.75) is 32.0 Å². The third-order valence-corrected chi connectivity index (χ3v) is 4.67. The van der Waals surface area contributed by atoms with E-state index in [9.17, 15) is 0 Å². The van der Waals surface area contributed by atoms with Crippen LogP contribution in [0.15, 0.2) is 40.9 Å². The fourth-order valence-corrected chi connectivity index (χ4v) is 3.14. The van der Waals surface area contributed by atoms with Crippen molar-refractivity contribution >= 4 is 0 Å². The van der Waals surface area contributed by atoms with Gasteiger partial charge in [-0.2, -0.15) is 5.10 Å². The van der Waals surface area contributed by atoms with E-state index >= 15 is 0 Å². The van der Waals surface area contributed by atoms with Crippen molar-refractivity contribution in [3.63, 3.8) is 0 Å². The Balaban J connectivity index is 1.43. The first-order valence-corrected chi connectivity index (χ1v) is 8.43. The van der Waals surface area contributed by atoms with Crippen LogP contribution in [0, 0.1) is 6.92 Å². The summed E-state index contributed by atoms with van der Waals surface area (Å²) >= 11 is 0. The summed E-state index contributed by atoms with van der Waals surface area (Å²) in [7, 11) is 1.94. The van der Waals surface area contributed by atoms with E-state index in [-0.39, 0.29) is 12.1 Å². The second-order valence-electron chi connectivity index (χ2n) is 6.24. The molecule has 2 atom stereocenters. The molecule has 7 nitrogen and oxygen atoms in total. The molecule has 0 bridgehead atoms. The summed E-state index contributed by atoms with van der Waals surface area (Å²) in [4.78, 5) is 0. The highest BCUT2D eigenvalue weighted by Crippen LogP contribution is 2.31. The average Bonchev–Trinajstić information content (AvgIpc) is 3.36. The molecule has 0 aliphatic carbocycles. The van der Waals surface area contributed by atoms with Gasteiger partial charge < -0.3 is 14.5 Å². The van der Waals surface area contributed by atoms with Gasteiger partial charge >= 0.3 is 0 Å². The van der Waals surface area contributed by atoms with E-state index in [4.69, 9.17) is 9.15 Å². The number of aryl methyl sites for hydroxylation is 1. The third kappa shape index (κ3) is 3.20. The van der Waals surface area contributed by atoms with E-state index in [2.05, 4.69) is 27.5 Å². The lowest BCUT2D eigenvalue weighted by Crippen LogP contribution is -2.31. The minimum Gasteiger partial charge on any atom is -0.419 e. The van der Waals surface area contributed by atoms with Crippen LogP contribution in [0.25, 0.3) is 11.5 Å². The molecule has 25 heavy (non-hydrogen) atoms. The van der Waals surface area contributed by atoms with Crippen LogP contribution in [0.3, 0.4) is 0 Å². The summed E-state index contributed by atoms with van der Waals surface area (Å²) in [6.45, 7) is 3.31. The zero-order chi connectivity index (χ0) is 17.2. The summed E-state index contributed by atoms with van der Waals surface area (Å²) in [6.07, 6.45) is 2.84. The molecular weight excluding hydrogens is 318 g/mol. The van der Waals surface area contributed by atoms with E-state index in [1.807, 2.05) is 48.3 Å². The predicted molar refractivity (Wildman–Crippen MR) is 91.6 cm³/mol. The smallest absolute Gasteiger partial charge is 0.247 e. The molecule has 4 rings (SSSR count). The van der Waals surface area contributed by atoms with Gasteiger partial charge in [0.25, 0.3) is 0 Å². The van der Waals surface area contributed by atoms with E-state index in [0.717, 1.165) is 29.8 Å². The van der Waals surface area contributed by atoms with Gasteiger partial charge in [-0.05, 0) is 25.5 Å². The Bertz CT molecular complexity index is 842. The first-order valence-electron chi connectivity index (χ1n) is 8.43. The predicted octanol–water partition coefficient (Wildman–Crippen LogP) is 2.40. The van der Waals surface area contributed by atoms with Crippen LogP contribution >= 0.6 is 0 Å². The van der Waals surface area contributed by atoms with Crippen LogP contribution < -0.4 is 5.32 Å². The van der Waals surface area contributed by atoms with Gasteiger partial charge in [0, 0.05) is 36.5 Å². The summed E-state index contributed by atoms with van der Waals surface area (Å²) < 4.78 is 13.6. The lowest BCUT2D eigenvalue weighted by atomic mass is 10.0. The molecule has 0 radical (unpaired) electrons. The molecule has 1 fully saturated rings. The van der Waals surface area contributed by atoms with Gasteiger partial charge in [0.2, 0.25) is 11.8 Å². The highest BCUT2D eigenvalue weighted by atomic mass is 16.5. The van der Waals surface area contributed by atoms with Gasteiger partial charge in [0.15, 0.2) is 0 Å². The average molecular weight is 339 g/mol. The van der Waals surface area contributed by atoms with Crippen molar-refractivity contribution in [3.8, 4) is 11.5 Å². The second kappa shape index (κ2) is 6.78. The standard InChI is InChI=1S/C18H21N5O2/c1-12-14(10-20-23(12)2)17-15(8-9-24-17)19-11-16-21-22-18(25-16)13-6-4-3-5-7-13/h3-7,10,15,17,19H,8-9,11H2,1-2H3/t15-,17+/m0/s1. The monoisotopic (exact) mass is 339 g/mol. The summed E-state index contributed by atoms with van der Waals surface area (Å²) in [5.41, 5.74) is 3.19. The fourth-order valence-electron chi connectivity index (χ4n) is 3.14. The molecule has 1 N–H and O–H groups in total. The van der Waals surface area contributed by atoms with E-state index in [1.54, 1.807) is 0 Å². The van der Waals surface area contributed by atoms with Gasteiger partial charge in [-0.15, -0.1) is 10.2 Å². The first kappa shape index (κ1) is 16.0. The normalized spacial score (nSPS) is 20.2. The van der Waals surface area contributed by atoms with Gasteiger partial charge in [-0.25, -0.2) is 0 Å². The minimum absolute atomic E-state index is 0.00483. The van der Waals surface area contributed by atoms with Crippen molar-refractivity contribution in [1.82, 2.24) is 25.3 Å². The number of nitrogens with zero attached hydrogens (tertiary/aromatic N) is 4. The molecule has 1 aliphatic heterocycles. The highest BCUT2D eigenvalue weighted by molar-refractivity contribution is 5.51. The zero-order valence-electron chi connectivity index (χ0n) is 14.3. The third-order valence-electron chi connectivity index (χ3n) is 4.67. The number of aromatic nitrogens is 4. The Kier molecular flexibility index (Phi) is 4.33. The molecule has 3 heterocycles. The van der Waals surface area contributed by atoms with Crippen LogP contribution in [0.5, 0.6) is 0 Å². The molecule has 0 spiro atoms. The van der Waals surface area contributed by atoms with E-state index in [0.29, 0.717) is 18.3 Å². The molecular formula is C18H21N5O2. The molecule has 7 heteroatoms. The molecule has 2 aromatic heterocycles. The molecule has 0 saturated carbocycles. The van der Waals surface area contributed by atoms with Gasteiger partial charge in [0.1, 0.15) is 6.10 Å². The van der Waals surface area contributed by atoms with Crippen LogP contribution in [-0.4, -0.2) is 32.6 Å². The fraction of sp³-hybridized carbons (Fsp3) is 0.389. The maximum Gasteiger partial charge on any atom is 0.247 e. The lowest BCUT2D eigenvalue weighted by molar-refractivity contribution is 0.0974.